The predicted octanol–water partition coefficient (Wildman–Crippen LogP) is 0.550. The van der Waals surface area contributed by atoms with Gasteiger partial charge in [0.25, 0.3) is 5.91 Å². The summed E-state index contributed by atoms with van der Waals surface area (Å²) in [7, 11) is 0. The molecule has 2 aromatic rings. The monoisotopic (exact) mass is 569 g/mol. The summed E-state index contributed by atoms with van der Waals surface area (Å²) in [5, 5.41) is 39.3. The van der Waals surface area contributed by atoms with Crippen molar-refractivity contribution >= 4 is 23.9 Å². The van der Waals surface area contributed by atoms with Crippen LogP contribution in [0.1, 0.15) is 49.3 Å². The number of carbonyl (C=O) groups excluding carboxylic acids is 1. The van der Waals surface area contributed by atoms with Crippen LogP contribution in [0.2, 0.25) is 0 Å². The second-order valence-electron chi connectivity index (χ2n) is 9.40. The molecule has 0 spiro atoms. The highest BCUT2D eigenvalue weighted by Gasteiger charge is 2.25. The van der Waals surface area contributed by atoms with E-state index in [2.05, 4.69) is 32.2 Å². The summed E-state index contributed by atoms with van der Waals surface area (Å²) in [5.41, 5.74) is -0.148. The molecule has 14 nitrogen and oxygen atoms in total. The van der Waals surface area contributed by atoms with Gasteiger partial charge in [0, 0.05) is 50.7 Å². The third kappa shape index (κ3) is 10.1. The summed E-state index contributed by atoms with van der Waals surface area (Å²) in [5.74, 6) is -3.73. The number of amides is 1. The zero-order valence-corrected chi connectivity index (χ0v) is 22.6. The molecule has 5 N–H and O–H groups in total. The van der Waals surface area contributed by atoms with Gasteiger partial charge in [-0.15, -0.1) is 0 Å². The first-order valence-corrected chi connectivity index (χ1v) is 12.7. The molecule has 1 aromatic heterocycles. The molecule has 222 valence electrons. The molecule has 3 rings (SSSR count). The Morgan fingerprint density at radius 3 is 2.30 bits per heavy atom. The number of piperazine rings is 1. The second-order valence-corrected chi connectivity index (χ2v) is 9.40. The standard InChI is InChI=1S/C23H34FN5O5.C2H2O4/c1-15(2)21-26-23(34-27-21)29-9-7-28(8-10-29)16(3)6-11-33-18-4-5-19(20(24)12-18)22(32)25-13-17(31)14-30;3-1(4)2(5)6/h4-5,12,15-17,30-31H,6-11,13-14H2,1-3H3,(H,25,32);(H,3,4)(H,5,6)/t16?,17-;/m1./s1. The van der Waals surface area contributed by atoms with Gasteiger partial charge in [-0.25, -0.2) is 14.0 Å². The van der Waals surface area contributed by atoms with E-state index in [1.807, 2.05) is 13.8 Å². The van der Waals surface area contributed by atoms with Crippen molar-refractivity contribution in [2.24, 2.45) is 0 Å². The zero-order chi connectivity index (χ0) is 29.8. The molecule has 1 aliphatic rings. The molecule has 0 saturated carbocycles. The number of anilines is 1. The molecule has 1 unspecified atom stereocenters. The van der Waals surface area contributed by atoms with Crippen molar-refractivity contribution in [2.75, 3.05) is 50.8 Å². The first-order chi connectivity index (χ1) is 18.9. The van der Waals surface area contributed by atoms with Crippen LogP contribution in [0.4, 0.5) is 10.4 Å². The van der Waals surface area contributed by atoms with E-state index in [1.54, 1.807) is 6.07 Å². The van der Waals surface area contributed by atoms with E-state index in [0.29, 0.717) is 24.2 Å². The SMILES string of the molecule is CC(C)c1noc(N2CCN(C(C)CCOc3ccc(C(=O)NC[C@@H](O)CO)c(F)c3)CC2)n1.O=C(O)C(=O)O. The Morgan fingerprint density at radius 1 is 1.12 bits per heavy atom. The average molecular weight is 570 g/mol. The number of carboxylic acids is 2. The Hall–Kier alpha value is -3.82. The van der Waals surface area contributed by atoms with Crippen LogP contribution < -0.4 is 15.0 Å². The number of aliphatic hydroxyl groups excluding tert-OH is 2. The Labute approximate surface area is 230 Å². The smallest absolute Gasteiger partial charge is 0.414 e. The first kappa shape index (κ1) is 32.4. The Balaban J connectivity index is 0.000000840. The summed E-state index contributed by atoms with van der Waals surface area (Å²) in [6.07, 6.45) is -0.322. The molecule has 1 aliphatic heterocycles. The number of hydrogen-bond acceptors (Lipinski definition) is 11. The third-order valence-corrected chi connectivity index (χ3v) is 6.04. The fourth-order valence-corrected chi connectivity index (χ4v) is 3.61. The molecule has 40 heavy (non-hydrogen) atoms. The number of benzene rings is 1. The van der Waals surface area contributed by atoms with Gasteiger partial charge in [-0.1, -0.05) is 19.0 Å². The van der Waals surface area contributed by atoms with E-state index in [9.17, 15) is 14.3 Å². The largest absolute Gasteiger partial charge is 0.493 e. The quantitative estimate of drug-likeness (QED) is 0.235. The molecule has 1 saturated heterocycles. The van der Waals surface area contributed by atoms with E-state index >= 15 is 0 Å². The molecule has 2 heterocycles. The van der Waals surface area contributed by atoms with Gasteiger partial charge >= 0.3 is 18.0 Å². The summed E-state index contributed by atoms with van der Waals surface area (Å²) in [4.78, 5) is 39.1. The minimum absolute atomic E-state index is 0.148. The van der Waals surface area contributed by atoms with Gasteiger partial charge in [0.15, 0.2) is 5.82 Å². The lowest BCUT2D eigenvalue weighted by Gasteiger charge is -2.37. The van der Waals surface area contributed by atoms with E-state index in [1.165, 1.54) is 12.1 Å². The molecule has 0 radical (unpaired) electrons. The Bertz CT molecular complexity index is 1110. The van der Waals surface area contributed by atoms with E-state index in [4.69, 9.17) is 34.2 Å². The van der Waals surface area contributed by atoms with Crippen molar-refractivity contribution in [1.82, 2.24) is 20.4 Å². The molecule has 15 heteroatoms. The van der Waals surface area contributed by atoms with E-state index in [-0.39, 0.29) is 24.1 Å². The van der Waals surface area contributed by atoms with Crippen molar-refractivity contribution in [1.29, 1.82) is 0 Å². The van der Waals surface area contributed by atoms with Crippen molar-refractivity contribution in [3.05, 3.63) is 35.4 Å². The van der Waals surface area contributed by atoms with Crippen molar-refractivity contribution in [3.63, 3.8) is 0 Å². The molecular weight excluding hydrogens is 533 g/mol. The fourth-order valence-electron chi connectivity index (χ4n) is 3.61. The number of ether oxygens (including phenoxy) is 1. The number of halogens is 1. The predicted molar refractivity (Wildman–Crippen MR) is 139 cm³/mol. The van der Waals surface area contributed by atoms with Crippen molar-refractivity contribution < 1.29 is 48.5 Å². The number of aliphatic carboxylic acids is 2. The van der Waals surface area contributed by atoms with Gasteiger partial charge in [0.05, 0.1) is 24.9 Å². The van der Waals surface area contributed by atoms with Crippen LogP contribution in [-0.4, -0.2) is 111 Å². The number of hydrogen-bond donors (Lipinski definition) is 5. The lowest BCUT2D eigenvalue weighted by Crippen LogP contribution is -2.50. The average Bonchev–Trinajstić information content (AvgIpc) is 3.43. The van der Waals surface area contributed by atoms with Gasteiger partial charge in [0.2, 0.25) is 0 Å². The minimum Gasteiger partial charge on any atom is -0.493 e. The maximum atomic E-state index is 14.3. The normalized spacial score (nSPS) is 15.1. The number of rotatable bonds is 11. The number of nitrogens with one attached hydrogen (secondary N) is 1. The molecule has 1 aromatic carbocycles. The third-order valence-electron chi connectivity index (χ3n) is 6.04. The summed E-state index contributed by atoms with van der Waals surface area (Å²) < 4.78 is 25.4. The number of aromatic nitrogens is 2. The zero-order valence-electron chi connectivity index (χ0n) is 22.6. The van der Waals surface area contributed by atoms with Crippen LogP contribution in [0.25, 0.3) is 0 Å². The van der Waals surface area contributed by atoms with Gasteiger partial charge in [-0.2, -0.15) is 4.98 Å². The molecule has 1 amide bonds. The first-order valence-electron chi connectivity index (χ1n) is 12.7. The summed E-state index contributed by atoms with van der Waals surface area (Å²) >= 11 is 0. The van der Waals surface area contributed by atoms with Crippen molar-refractivity contribution in [2.45, 2.75) is 45.3 Å². The van der Waals surface area contributed by atoms with E-state index < -0.39 is 36.4 Å². The topological polar surface area (TPSA) is 199 Å². The van der Waals surface area contributed by atoms with Crippen LogP contribution in [0, 0.1) is 5.82 Å². The molecule has 2 atom stereocenters. The molecule has 1 fully saturated rings. The molecule has 0 aliphatic carbocycles. The highest BCUT2D eigenvalue weighted by Crippen LogP contribution is 2.20. The molecule has 0 bridgehead atoms. The molecular formula is C25H36FN5O9. The van der Waals surface area contributed by atoms with E-state index in [0.717, 1.165) is 32.6 Å². The summed E-state index contributed by atoms with van der Waals surface area (Å²) in [6, 6.07) is 4.92. The van der Waals surface area contributed by atoms with Crippen LogP contribution in [0.5, 0.6) is 5.75 Å². The number of carboxylic acid groups (broad SMARTS) is 2. The van der Waals surface area contributed by atoms with Gasteiger partial charge in [-0.3, -0.25) is 9.69 Å². The van der Waals surface area contributed by atoms with Gasteiger partial charge in [-0.05, 0) is 25.5 Å². The maximum absolute atomic E-state index is 14.3. The number of aliphatic hydroxyl groups is 2. The van der Waals surface area contributed by atoms with Gasteiger partial charge < -0.3 is 39.9 Å². The van der Waals surface area contributed by atoms with Crippen LogP contribution in [0.15, 0.2) is 22.7 Å². The highest BCUT2D eigenvalue weighted by molar-refractivity contribution is 6.27. The maximum Gasteiger partial charge on any atom is 0.414 e. The number of carbonyl (C=O) groups is 3. The summed E-state index contributed by atoms with van der Waals surface area (Å²) in [6.45, 7) is 9.30. The number of nitrogens with zero attached hydrogens (tertiary/aromatic N) is 4. The lowest BCUT2D eigenvalue weighted by molar-refractivity contribution is -0.159. The van der Waals surface area contributed by atoms with Crippen LogP contribution in [-0.2, 0) is 9.59 Å². The second kappa shape index (κ2) is 15.7. The highest BCUT2D eigenvalue weighted by atomic mass is 19.1. The Morgan fingerprint density at radius 2 is 1.77 bits per heavy atom. The lowest BCUT2D eigenvalue weighted by atomic mass is 10.1. The fraction of sp³-hybridized carbons (Fsp3) is 0.560. The van der Waals surface area contributed by atoms with Gasteiger partial charge in [0.1, 0.15) is 11.6 Å². The van der Waals surface area contributed by atoms with Crippen LogP contribution >= 0.6 is 0 Å². The van der Waals surface area contributed by atoms with Crippen LogP contribution in [0.3, 0.4) is 0 Å². The van der Waals surface area contributed by atoms with Crippen molar-refractivity contribution in [3.8, 4) is 5.75 Å². The minimum atomic E-state index is -1.82. The Kier molecular flexibility index (Phi) is 12.7.